The molecule has 0 aliphatic carbocycles. The molecular weight excluding hydrogens is 222 g/mol. The van der Waals surface area contributed by atoms with Gasteiger partial charge in [0.1, 0.15) is 11.5 Å². The van der Waals surface area contributed by atoms with Gasteiger partial charge in [0, 0.05) is 19.7 Å². The third-order valence-electron chi connectivity index (χ3n) is 2.46. The van der Waals surface area contributed by atoms with Crippen LogP contribution in [0.4, 0.5) is 5.69 Å². The number of carboxylic acid groups (broad SMARTS) is 1. The lowest BCUT2D eigenvalue weighted by Crippen LogP contribution is -2.21. The fraction of sp³-hybridized carbons (Fsp3) is 0.417. The molecule has 0 saturated heterocycles. The van der Waals surface area contributed by atoms with E-state index in [1.54, 1.807) is 20.3 Å². The van der Waals surface area contributed by atoms with Gasteiger partial charge in [0.2, 0.25) is 0 Å². The van der Waals surface area contributed by atoms with E-state index in [9.17, 15) is 4.79 Å². The van der Waals surface area contributed by atoms with Crippen molar-refractivity contribution >= 4 is 11.7 Å². The molecule has 0 amide bonds. The highest BCUT2D eigenvalue weighted by Gasteiger charge is 2.10. The van der Waals surface area contributed by atoms with Gasteiger partial charge in [0.05, 0.1) is 26.3 Å². The maximum Gasteiger partial charge on any atom is 0.305 e. The standard InChI is InChI=1S/C12H17NO4/c1-13(7-6-12(14)15)10-5-4-9(16-2)8-11(10)17-3/h4-5,8H,6-7H2,1-3H3,(H,14,15). The van der Waals surface area contributed by atoms with Crippen molar-refractivity contribution in [2.75, 3.05) is 32.7 Å². The topological polar surface area (TPSA) is 59.0 Å². The third-order valence-corrected chi connectivity index (χ3v) is 2.46. The van der Waals surface area contributed by atoms with E-state index < -0.39 is 5.97 Å². The van der Waals surface area contributed by atoms with E-state index in [0.717, 1.165) is 5.69 Å². The molecule has 1 aromatic carbocycles. The van der Waals surface area contributed by atoms with Gasteiger partial charge >= 0.3 is 5.97 Å². The van der Waals surface area contributed by atoms with Gasteiger partial charge in [-0.15, -0.1) is 0 Å². The number of carboxylic acids is 1. The minimum atomic E-state index is -0.815. The first-order valence-corrected chi connectivity index (χ1v) is 5.23. The molecule has 1 N–H and O–H groups in total. The Kier molecular flexibility index (Phi) is 4.63. The lowest BCUT2D eigenvalue weighted by molar-refractivity contribution is -0.136. The van der Waals surface area contributed by atoms with Gasteiger partial charge in [-0.1, -0.05) is 0 Å². The zero-order chi connectivity index (χ0) is 12.8. The number of hydrogen-bond donors (Lipinski definition) is 1. The van der Waals surface area contributed by atoms with Crippen LogP contribution >= 0.6 is 0 Å². The summed E-state index contributed by atoms with van der Waals surface area (Å²) in [5.41, 5.74) is 0.842. The Morgan fingerprint density at radius 1 is 1.35 bits per heavy atom. The van der Waals surface area contributed by atoms with Gasteiger partial charge in [0.25, 0.3) is 0 Å². The van der Waals surface area contributed by atoms with Crippen molar-refractivity contribution in [1.82, 2.24) is 0 Å². The molecule has 1 rings (SSSR count). The number of ether oxygens (including phenoxy) is 2. The van der Waals surface area contributed by atoms with Gasteiger partial charge < -0.3 is 19.5 Å². The zero-order valence-corrected chi connectivity index (χ0v) is 10.3. The first-order valence-electron chi connectivity index (χ1n) is 5.23. The summed E-state index contributed by atoms with van der Waals surface area (Å²) in [5.74, 6) is 0.554. The summed E-state index contributed by atoms with van der Waals surface area (Å²) >= 11 is 0. The van der Waals surface area contributed by atoms with Crippen LogP contribution in [0.3, 0.4) is 0 Å². The molecule has 5 nitrogen and oxygen atoms in total. The first-order chi connectivity index (χ1) is 8.08. The van der Waals surface area contributed by atoms with E-state index in [0.29, 0.717) is 18.0 Å². The summed E-state index contributed by atoms with van der Waals surface area (Å²) in [4.78, 5) is 12.4. The van der Waals surface area contributed by atoms with Crippen LogP contribution in [-0.4, -0.2) is 38.9 Å². The summed E-state index contributed by atoms with van der Waals surface area (Å²) in [6.45, 7) is 0.429. The van der Waals surface area contributed by atoms with Crippen LogP contribution in [-0.2, 0) is 4.79 Å². The van der Waals surface area contributed by atoms with Crippen molar-refractivity contribution < 1.29 is 19.4 Å². The number of anilines is 1. The van der Waals surface area contributed by atoms with Crippen molar-refractivity contribution in [3.8, 4) is 11.5 Å². The molecule has 0 spiro atoms. The molecule has 0 heterocycles. The van der Waals surface area contributed by atoms with Crippen molar-refractivity contribution in [1.29, 1.82) is 0 Å². The van der Waals surface area contributed by atoms with Gasteiger partial charge in [-0.3, -0.25) is 4.79 Å². The maximum absolute atomic E-state index is 10.5. The van der Waals surface area contributed by atoms with E-state index in [2.05, 4.69) is 0 Å². The predicted octanol–water partition coefficient (Wildman–Crippen LogP) is 1.61. The number of hydrogen-bond acceptors (Lipinski definition) is 4. The van der Waals surface area contributed by atoms with Crippen LogP contribution in [0.15, 0.2) is 18.2 Å². The second-order valence-electron chi connectivity index (χ2n) is 3.60. The molecule has 5 heteroatoms. The smallest absolute Gasteiger partial charge is 0.305 e. The molecule has 0 radical (unpaired) electrons. The van der Waals surface area contributed by atoms with Gasteiger partial charge in [-0.25, -0.2) is 0 Å². The average molecular weight is 239 g/mol. The van der Waals surface area contributed by atoms with Gasteiger partial charge in [-0.2, -0.15) is 0 Å². The number of benzene rings is 1. The molecule has 0 bridgehead atoms. The minimum absolute atomic E-state index is 0.0890. The lowest BCUT2D eigenvalue weighted by Gasteiger charge is -2.21. The summed E-state index contributed by atoms with van der Waals surface area (Å²) < 4.78 is 10.3. The Labute approximate surface area is 101 Å². The highest BCUT2D eigenvalue weighted by molar-refractivity contribution is 5.68. The molecule has 0 fully saturated rings. The second-order valence-corrected chi connectivity index (χ2v) is 3.60. The lowest BCUT2D eigenvalue weighted by atomic mass is 10.2. The molecule has 94 valence electrons. The first kappa shape index (κ1) is 13.2. The third kappa shape index (κ3) is 3.55. The van der Waals surface area contributed by atoms with Crippen LogP contribution < -0.4 is 14.4 Å². The van der Waals surface area contributed by atoms with E-state index >= 15 is 0 Å². The maximum atomic E-state index is 10.5. The Hall–Kier alpha value is -1.91. The molecule has 0 unspecified atom stereocenters. The normalized spacial score (nSPS) is 9.82. The number of aliphatic carboxylic acids is 1. The average Bonchev–Trinajstić information content (AvgIpc) is 2.34. The Morgan fingerprint density at radius 2 is 2.06 bits per heavy atom. The highest BCUT2D eigenvalue weighted by Crippen LogP contribution is 2.31. The molecule has 17 heavy (non-hydrogen) atoms. The molecule has 0 aliphatic heterocycles. The van der Waals surface area contributed by atoms with Crippen LogP contribution in [0.25, 0.3) is 0 Å². The zero-order valence-electron chi connectivity index (χ0n) is 10.3. The largest absolute Gasteiger partial charge is 0.497 e. The Morgan fingerprint density at radius 3 is 2.59 bits per heavy atom. The number of rotatable bonds is 6. The number of carbonyl (C=O) groups is 1. The van der Waals surface area contributed by atoms with E-state index in [-0.39, 0.29) is 6.42 Å². The van der Waals surface area contributed by atoms with Crippen LogP contribution in [0.5, 0.6) is 11.5 Å². The van der Waals surface area contributed by atoms with Crippen LogP contribution in [0.1, 0.15) is 6.42 Å². The summed E-state index contributed by atoms with van der Waals surface area (Å²) in [5, 5.41) is 8.64. The molecular formula is C12H17NO4. The quantitative estimate of drug-likeness (QED) is 0.817. The van der Waals surface area contributed by atoms with Crippen LogP contribution in [0, 0.1) is 0 Å². The molecule has 0 atom stereocenters. The molecule has 1 aromatic rings. The molecule has 0 saturated carbocycles. The fourth-order valence-corrected chi connectivity index (χ4v) is 1.48. The Bertz CT molecular complexity index is 392. The Balaban J connectivity index is 2.84. The summed E-state index contributed by atoms with van der Waals surface area (Å²) in [7, 11) is 4.99. The highest BCUT2D eigenvalue weighted by atomic mass is 16.5. The van der Waals surface area contributed by atoms with E-state index in [4.69, 9.17) is 14.6 Å². The summed E-state index contributed by atoms with van der Waals surface area (Å²) in [6.07, 6.45) is 0.0890. The second kappa shape index (κ2) is 5.98. The monoisotopic (exact) mass is 239 g/mol. The van der Waals surface area contributed by atoms with Crippen LogP contribution in [0.2, 0.25) is 0 Å². The predicted molar refractivity (Wildman–Crippen MR) is 65.1 cm³/mol. The fourth-order valence-electron chi connectivity index (χ4n) is 1.48. The van der Waals surface area contributed by atoms with E-state index in [1.165, 1.54) is 0 Å². The van der Waals surface area contributed by atoms with Crippen molar-refractivity contribution in [3.63, 3.8) is 0 Å². The minimum Gasteiger partial charge on any atom is -0.497 e. The van der Waals surface area contributed by atoms with Crippen molar-refractivity contribution in [3.05, 3.63) is 18.2 Å². The van der Waals surface area contributed by atoms with E-state index in [1.807, 2.05) is 24.1 Å². The van der Waals surface area contributed by atoms with Gasteiger partial charge in [0.15, 0.2) is 0 Å². The SMILES string of the molecule is COc1ccc(N(C)CCC(=O)O)c(OC)c1. The summed E-state index contributed by atoms with van der Waals surface area (Å²) in [6, 6.07) is 5.43. The molecule has 0 aromatic heterocycles. The number of methoxy groups -OCH3 is 2. The number of nitrogens with zero attached hydrogens (tertiary/aromatic N) is 1. The van der Waals surface area contributed by atoms with Crippen molar-refractivity contribution in [2.24, 2.45) is 0 Å². The van der Waals surface area contributed by atoms with Gasteiger partial charge in [-0.05, 0) is 12.1 Å². The van der Waals surface area contributed by atoms with Crippen molar-refractivity contribution in [2.45, 2.75) is 6.42 Å². The molecule has 0 aliphatic rings.